The van der Waals surface area contributed by atoms with E-state index < -0.39 is 0 Å². The van der Waals surface area contributed by atoms with E-state index in [0.717, 1.165) is 19.0 Å². The van der Waals surface area contributed by atoms with E-state index >= 15 is 0 Å². The lowest BCUT2D eigenvalue weighted by Crippen LogP contribution is -2.24. The molecule has 0 amide bonds. The molecule has 1 saturated heterocycles. The summed E-state index contributed by atoms with van der Waals surface area (Å²) in [5.74, 6) is 1.14. The van der Waals surface area contributed by atoms with Gasteiger partial charge in [-0.2, -0.15) is 0 Å². The van der Waals surface area contributed by atoms with Gasteiger partial charge in [0, 0.05) is 12.6 Å². The largest absolute Gasteiger partial charge is 0.507 e. The van der Waals surface area contributed by atoms with Crippen LogP contribution in [0.25, 0.3) is 0 Å². The van der Waals surface area contributed by atoms with Crippen LogP contribution in [0.15, 0.2) is 18.2 Å². The van der Waals surface area contributed by atoms with Crippen LogP contribution < -0.4 is 0 Å². The second-order valence-corrected chi connectivity index (χ2v) is 4.94. The molecular formula is C14H21NO2. The zero-order valence-corrected chi connectivity index (χ0v) is 10.6. The Labute approximate surface area is 103 Å². The van der Waals surface area contributed by atoms with Crippen molar-refractivity contribution in [1.29, 1.82) is 0 Å². The van der Waals surface area contributed by atoms with Crippen LogP contribution in [0, 0.1) is 5.92 Å². The van der Waals surface area contributed by atoms with Gasteiger partial charge in [-0.25, -0.2) is 0 Å². The number of hydrogen-bond acceptors (Lipinski definition) is 3. The molecular weight excluding hydrogens is 214 g/mol. The lowest BCUT2D eigenvalue weighted by atomic mass is 10.0. The molecule has 1 aromatic carbocycles. The molecule has 2 atom stereocenters. The molecule has 17 heavy (non-hydrogen) atoms. The molecule has 0 saturated carbocycles. The predicted molar refractivity (Wildman–Crippen MR) is 68.2 cm³/mol. The molecule has 1 heterocycles. The van der Waals surface area contributed by atoms with Crippen molar-refractivity contribution in [2.75, 3.05) is 13.1 Å². The van der Waals surface area contributed by atoms with Crippen LogP contribution in [-0.2, 0) is 0 Å². The summed E-state index contributed by atoms with van der Waals surface area (Å²) >= 11 is 0. The lowest BCUT2D eigenvalue weighted by Gasteiger charge is -2.25. The number of nitrogens with zero attached hydrogens (tertiary/aromatic N) is 1. The second-order valence-electron chi connectivity index (χ2n) is 4.94. The standard InChI is InChI=1S/C14H21NO2/c1-3-11-7-8-15(9-11)10(2)14-12(16)5-4-6-13(14)17/h4-6,10-11,16-17H,3,7-9H2,1-2H3. The smallest absolute Gasteiger partial charge is 0.124 e. The molecule has 1 aliphatic heterocycles. The van der Waals surface area contributed by atoms with Crippen molar-refractivity contribution in [1.82, 2.24) is 4.90 Å². The molecule has 1 aliphatic rings. The van der Waals surface area contributed by atoms with Crippen molar-refractivity contribution in [2.24, 2.45) is 5.92 Å². The van der Waals surface area contributed by atoms with Crippen molar-refractivity contribution in [3.63, 3.8) is 0 Å². The van der Waals surface area contributed by atoms with Crippen molar-refractivity contribution < 1.29 is 10.2 Å². The van der Waals surface area contributed by atoms with Gasteiger partial charge >= 0.3 is 0 Å². The Morgan fingerprint density at radius 2 is 2.00 bits per heavy atom. The highest BCUT2D eigenvalue weighted by Crippen LogP contribution is 2.37. The Hall–Kier alpha value is -1.22. The van der Waals surface area contributed by atoms with Crippen molar-refractivity contribution in [3.8, 4) is 11.5 Å². The van der Waals surface area contributed by atoms with Gasteiger partial charge in [0.05, 0.1) is 5.56 Å². The average molecular weight is 235 g/mol. The molecule has 2 N–H and O–H groups in total. The molecule has 3 heteroatoms. The van der Waals surface area contributed by atoms with E-state index in [2.05, 4.69) is 11.8 Å². The Bertz CT molecular complexity index is 372. The Morgan fingerprint density at radius 3 is 2.53 bits per heavy atom. The fourth-order valence-electron chi connectivity index (χ4n) is 2.70. The van der Waals surface area contributed by atoms with Gasteiger partial charge in [-0.3, -0.25) is 4.90 Å². The normalized spacial score (nSPS) is 22.8. The third kappa shape index (κ3) is 2.39. The van der Waals surface area contributed by atoms with Gasteiger partial charge in [0.2, 0.25) is 0 Å². The Morgan fingerprint density at radius 1 is 1.35 bits per heavy atom. The second kappa shape index (κ2) is 4.96. The van der Waals surface area contributed by atoms with E-state index in [0.29, 0.717) is 5.56 Å². The van der Waals surface area contributed by atoms with Crippen LogP contribution in [-0.4, -0.2) is 28.2 Å². The average Bonchev–Trinajstić information content (AvgIpc) is 2.77. The fourth-order valence-corrected chi connectivity index (χ4v) is 2.70. The number of benzene rings is 1. The van der Waals surface area contributed by atoms with Crippen LogP contribution >= 0.6 is 0 Å². The molecule has 1 aromatic rings. The molecule has 0 aromatic heterocycles. The monoisotopic (exact) mass is 235 g/mol. The maximum absolute atomic E-state index is 9.86. The van der Waals surface area contributed by atoms with Crippen molar-refractivity contribution in [2.45, 2.75) is 32.7 Å². The van der Waals surface area contributed by atoms with Crippen molar-refractivity contribution in [3.05, 3.63) is 23.8 Å². The first kappa shape index (κ1) is 12.2. The molecule has 3 nitrogen and oxygen atoms in total. The molecule has 1 fully saturated rings. The van der Waals surface area contributed by atoms with E-state index in [1.165, 1.54) is 12.8 Å². The SMILES string of the molecule is CCC1CCN(C(C)c2c(O)cccc2O)C1. The molecule has 0 bridgehead atoms. The summed E-state index contributed by atoms with van der Waals surface area (Å²) in [5, 5.41) is 19.7. The molecule has 94 valence electrons. The van der Waals surface area contributed by atoms with Gasteiger partial charge < -0.3 is 10.2 Å². The van der Waals surface area contributed by atoms with E-state index in [1.807, 2.05) is 6.92 Å². The summed E-state index contributed by atoms with van der Waals surface area (Å²) in [6, 6.07) is 5.02. The summed E-state index contributed by atoms with van der Waals surface area (Å²) in [7, 11) is 0. The minimum atomic E-state index is 0.0766. The van der Waals surface area contributed by atoms with Gasteiger partial charge in [0.1, 0.15) is 11.5 Å². The molecule has 2 rings (SSSR count). The number of aromatic hydroxyl groups is 2. The quantitative estimate of drug-likeness (QED) is 0.846. The van der Waals surface area contributed by atoms with Crippen LogP contribution in [0.5, 0.6) is 11.5 Å². The maximum atomic E-state index is 9.86. The lowest BCUT2D eigenvalue weighted by molar-refractivity contribution is 0.241. The summed E-state index contributed by atoms with van der Waals surface area (Å²) < 4.78 is 0. The van der Waals surface area contributed by atoms with Crippen LogP contribution in [0.3, 0.4) is 0 Å². The molecule has 0 spiro atoms. The highest BCUT2D eigenvalue weighted by atomic mass is 16.3. The van der Waals surface area contributed by atoms with E-state index in [-0.39, 0.29) is 17.5 Å². The molecule has 2 unspecified atom stereocenters. The molecule has 0 aliphatic carbocycles. The van der Waals surface area contributed by atoms with Gasteiger partial charge in [-0.1, -0.05) is 19.4 Å². The zero-order chi connectivity index (χ0) is 12.4. The first-order valence-electron chi connectivity index (χ1n) is 6.38. The van der Waals surface area contributed by atoms with Gasteiger partial charge in [-0.15, -0.1) is 0 Å². The molecule has 0 radical (unpaired) electrons. The van der Waals surface area contributed by atoms with Gasteiger partial charge in [0.15, 0.2) is 0 Å². The summed E-state index contributed by atoms with van der Waals surface area (Å²) in [6.45, 7) is 6.38. The highest BCUT2D eigenvalue weighted by molar-refractivity contribution is 5.45. The number of phenols is 2. The Kier molecular flexibility index (Phi) is 3.57. The fraction of sp³-hybridized carbons (Fsp3) is 0.571. The van der Waals surface area contributed by atoms with Gasteiger partial charge in [-0.05, 0) is 37.9 Å². The van der Waals surface area contributed by atoms with Gasteiger partial charge in [0.25, 0.3) is 0 Å². The summed E-state index contributed by atoms with van der Waals surface area (Å²) in [4.78, 5) is 2.34. The number of rotatable bonds is 3. The third-order valence-electron chi connectivity index (χ3n) is 3.92. The minimum Gasteiger partial charge on any atom is -0.507 e. The van der Waals surface area contributed by atoms with Crippen LogP contribution in [0.1, 0.15) is 38.3 Å². The third-order valence-corrected chi connectivity index (χ3v) is 3.92. The number of phenolic OH excluding ortho intramolecular Hbond substituents is 2. The van der Waals surface area contributed by atoms with Crippen molar-refractivity contribution >= 4 is 0 Å². The van der Waals surface area contributed by atoms with E-state index in [9.17, 15) is 10.2 Å². The first-order chi connectivity index (χ1) is 8.13. The topological polar surface area (TPSA) is 43.7 Å². The summed E-state index contributed by atoms with van der Waals surface area (Å²) in [5.41, 5.74) is 0.657. The Balaban J connectivity index is 2.17. The number of likely N-dealkylation sites (tertiary alicyclic amines) is 1. The van der Waals surface area contributed by atoms with Crippen LogP contribution in [0.2, 0.25) is 0 Å². The summed E-state index contributed by atoms with van der Waals surface area (Å²) in [6.07, 6.45) is 2.42. The minimum absolute atomic E-state index is 0.0766. The first-order valence-corrected chi connectivity index (χ1v) is 6.38. The highest BCUT2D eigenvalue weighted by Gasteiger charge is 2.28. The van der Waals surface area contributed by atoms with Crippen LogP contribution in [0.4, 0.5) is 0 Å². The maximum Gasteiger partial charge on any atom is 0.124 e. The predicted octanol–water partition coefficient (Wildman–Crippen LogP) is 2.89. The van der Waals surface area contributed by atoms with E-state index in [1.54, 1.807) is 18.2 Å². The zero-order valence-electron chi connectivity index (χ0n) is 10.6. The number of hydrogen-bond donors (Lipinski definition) is 2. The van der Waals surface area contributed by atoms with E-state index in [4.69, 9.17) is 0 Å².